The van der Waals surface area contributed by atoms with Crippen LogP contribution < -0.4 is 4.74 Å². The maximum Gasteiger partial charge on any atom is 0.348 e. The summed E-state index contributed by atoms with van der Waals surface area (Å²) >= 11 is 14.1. The number of methoxy groups -OCH3 is 1. The van der Waals surface area contributed by atoms with Crippen molar-refractivity contribution < 1.29 is 28.6 Å². The van der Waals surface area contributed by atoms with Gasteiger partial charge in [0.1, 0.15) is 23.0 Å². The van der Waals surface area contributed by atoms with Crippen LogP contribution in [0.3, 0.4) is 0 Å². The predicted molar refractivity (Wildman–Crippen MR) is 127 cm³/mol. The zero-order valence-corrected chi connectivity index (χ0v) is 20.8. The Bertz CT molecular complexity index is 1000. The normalized spacial score (nSPS) is 20.0. The number of rotatable bonds is 10. The Hall–Kier alpha value is -2.09. The van der Waals surface area contributed by atoms with Crippen molar-refractivity contribution >= 4 is 52.3 Å². The first-order valence-electron chi connectivity index (χ1n) is 10.7. The second-order valence-electron chi connectivity index (χ2n) is 7.99. The Morgan fingerprint density at radius 1 is 1.21 bits per heavy atom. The molecule has 1 aromatic heterocycles. The summed E-state index contributed by atoms with van der Waals surface area (Å²) < 4.78 is 15.7. The molecule has 0 unspecified atom stereocenters. The maximum atomic E-state index is 12.6. The zero-order valence-electron chi connectivity index (χ0n) is 18.5. The van der Waals surface area contributed by atoms with Crippen LogP contribution >= 0.6 is 34.5 Å². The smallest absolute Gasteiger partial charge is 0.348 e. The van der Waals surface area contributed by atoms with Gasteiger partial charge in [0, 0.05) is 28.6 Å². The SMILES string of the molecule is COC(=O)c1ccc(CCC[C@H]2[C@H](Cl)CC(=O)[C@@H]2COc2cc(Cl)cc(COC(C)=O)c2)s1. The average Bonchev–Trinajstić information content (AvgIpc) is 3.34. The van der Waals surface area contributed by atoms with Gasteiger partial charge in [-0.25, -0.2) is 4.79 Å². The second kappa shape index (κ2) is 11.9. The number of esters is 2. The molecule has 33 heavy (non-hydrogen) atoms. The molecule has 3 rings (SSSR count). The van der Waals surface area contributed by atoms with E-state index in [-0.39, 0.29) is 48.1 Å². The molecule has 0 bridgehead atoms. The number of ether oxygens (including phenoxy) is 3. The van der Waals surface area contributed by atoms with Crippen LogP contribution in [0.2, 0.25) is 5.02 Å². The first-order valence-corrected chi connectivity index (χ1v) is 12.3. The lowest BCUT2D eigenvalue weighted by Gasteiger charge is -2.21. The number of aryl methyl sites for hydroxylation is 1. The van der Waals surface area contributed by atoms with Crippen LogP contribution in [-0.4, -0.2) is 36.8 Å². The number of Topliss-reactive ketones (excluding diaryl/α,β-unsaturated/α-hetero) is 1. The molecule has 0 amide bonds. The molecule has 1 aromatic carbocycles. The van der Waals surface area contributed by atoms with E-state index in [2.05, 4.69) is 0 Å². The number of benzene rings is 1. The summed E-state index contributed by atoms with van der Waals surface area (Å²) in [4.78, 5) is 36.9. The molecule has 1 aliphatic carbocycles. The molecule has 1 heterocycles. The summed E-state index contributed by atoms with van der Waals surface area (Å²) in [5.74, 6) is -0.373. The van der Waals surface area contributed by atoms with Gasteiger partial charge in [0.25, 0.3) is 0 Å². The van der Waals surface area contributed by atoms with Crippen LogP contribution in [0.5, 0.6) is 5.75 Å². The van der Waals surface area contributed by atoms with Crippen molar-refractivity contribution in [3.05, 3.63) is 50.7 Å². The maximum absolute atomic E-state index is 12.6. The molecule has 0 aliphatic heterocycles. The Morgan fingerprint density at radius 3 is 2.73 bits per heavy atom. The fourth-order valence-electron chi connectivity index (χ4n) is 3.98. The van der Waals surface area contributed by atoms with Crippen LogP contribution in [0, 0.1) is 11.8 Å². The number of alkyl halides is 1. The van der Waals surface area contributed by atoms with Crippen LogP contribution in [0.4, 0.5) is 0 Å². The summed E-state index contributed by atoms with van der Waals surface area (Å²) in [6, 6.07) is 8.82. The van der Waals surface area contributed by atoms with E-state index in [1.165, 1.54) is 25.4 Å². The van der Waals surface area contributed by atoms with Crippen LogP contribution in [0.1, 0.15) is 46.3 Å². The molecule has 3 atom stereocenters. The molecule has 0 spiro atoms. The third kappa shape index (κ3) is 7.19. The standard InChI is InChI=1S/C24H26Cl2O6S/c1-14(27)31-12-15-8-16(25)10-17(9-15)32-13-20-19(21(26)11-22(20)28)5-3-4-18-6-7-23(33-18)24(29)30-2/h6-10,19-21H,3-5,11-13H2,1-2H3/t19-,20-,21-/m1/s1. The van der Waals surface area contributed by atoms with Gasteiger partial charge in [-0.15, -0.1) is 22.9 Å². The minimum Gasteiger partial charge on any atom is -0.493 e. The molecule has 1 fully saturated rings. The highest BCUT2D eigenvalue weighted by atomic mass is 35.5. The van der Waals surface area contributed by atoms with E-state index in [9.17, 15) is 14.4 Å². The fourth-order valence-corrected chi connectivity index (χ4v) is 5.65. The van der Waals surface area contributed by atoms with Gasteiger partial charge in [-0.1, -0.05) is 11.6 Å². The monoisotopic (exact) mass is 512 g/mol. The highest BCUT2D eigenvalue weighted by Gasteiger charge is 2.41. The molecule has 9 heteroatoms. The van der Waals surface area contributed by atoms with Gasteiger partial charge in [0.2, 0.25) is 0 Å². The Labute approximate surface area is 207 Å². The number of halogens is 2. The van der Waals surface area contributed by atoms with Crippen molar-refractivity contribution in [2.24, 2.45) is 11.8 Å². The van der Waals surface area contributed by atoms with E-state index in [4.69, 9.17) is 37.4 Å². The minimum absolute atomic E-state index is 0.0129. The van der Waals surface area contributed by atoms with Gasteiger partial charge < -0.3 is 14.2 Å². The van der Waals surface area contributed by atoms with Gasteiger partial charge in [0.05, 0.1) is 19.6 Å². The summed E-state index contributed by atoms with van der Waals surface area (Å²) in [6.45, 7) is 1.65. The van der Waals surface area contributed by atoms with Crippen molar-refractivity contribution in [2.75, 3.05) is 13.7 Å². The molecule has 0 radical (unpaired) electrons. The van der Waals surface area contributed by atoms with Gasteiger partial charge >= 0.3 is 11.9 Å². The third-order valence-corrected chi connectivity index (χ3v) is 7.42. The van der Waals surface area contributed by atoms with Crippen molar-refractivity contribution in [1.29, 1.82) is 0 Å². The number of hydrogen-bond acceptors (Lipinski definition) is 7. The predicted octanol–water partition coefficient (Wildman–Crippen LogP) is 5.47. The van der Waals surface area contributed by atoms with Crippen molar-refractivity contribution in [2.45, 2.75) is 44.6 Å². The summed E-state index contributed by atoms with van der Waals surface area (Å²) in [5, 5.41) is 0.236. The Morgan fingerprint density at radius 2 is 2.00 bits per heavy atom. The quantitative estimate of drug-likeness (QED) is 0.310. The molecule has 6 nitrogen and oxygen atoms in total. The zero-order chi connectivity index (χ0) is 24.0. The second-order valence-corrected chi connectivity index (χ2v) is 10.2. The number of hydrogen-bond donors (Lipinski definition) is 0. The number of carbonyl (C=O) groups excluding carboxylic acids is 3. The van der Waals surface area contributed by atoms with E-state index < -0.39 is 0 Å². The molecule has 2 aromatic rings. The van der Waals surface area contributed by atoms with Gasteiger partial charge in [0.15, 0.2) is 0 Å². The average molecular weight is 513 g/mol. The van der Waals surface area contributed by atoms with Crippen molar-refractivity contribution in [1.82, 2.24) is 0 Å². The number of carbonyl (C=O) groups is 3. The summed E-state index contributed by atoms with van der Waals surface area (Å²) in [5.41, 5.74) is 0.708. The first-order chi connectivity index (χ1) is 15.8. The fraction of sp³-hybridized carbons (Fsp3) is 0.458. The lowest BCUT2D eigenvalue weighted by atomic mass is 9.91. The molecule has 178 valence electrons. The lowest BCUT2D eigenvalue weighted by Crippen LogP contribution is -2.25. The summed E-state index contributed by atoms with van der Waals surface area (Å²) in [6.07, 6.45) is 2.77. The third-order valence-electron chi connectivity index (χ3n) is 5.60. The largest absolute Gasteiger partial charge is 0.493 e. The van der Waals surface area contributed by atoms with Crippen molar-refractivity contribution in [3.8, 4) is 5.75 Å². The van der Waals surface area contributed by atoms with E-state index >= 15 is 0 Å². The van der Waals surface area contributed by atoms with Crippen LogP contribution in [0.25, 0.3) is 0 Å². The van der Waals surface area contributed by atoms with Gasteiger partial charge in [-0.05, 0) is 61.1 Å². The minimum atomic E-state index is -0.380. The summed E-state index contributed by atoms with van der Waals surface area (Å²) in [7, 11) is 1.37. The Balaban J connectivity index is 1.56. The van der Waals surface area contributed by atoms with E-state index in [0.29, 0.717) is 27.6 Å². The highest BCUT2D eigenvalue weighted by Crippen LogP contribution is 2.37. The van der Waals surface area contributed by atoms with Crippen molar-refractivity contribution in [3.63, 3.8) is 0 Å². The molecule has 1 saturated carbocycles. The molecule has 0 N–H and O–H groups in total. The van der Waals surface area contributed by atoms with E-state index in [1.807, 2.05) is 6.07 Å². The van der Waals surface area contributed by atoms with E-state index in [1.54, 1.807) is 24.3 Å². The van der Waals surface area contributed by atoms with Crippen LogP contribution in [-0.2, 0) is 32.1 Å². The van der Waals surface area contributed by atoms with E-state index in [0.717, 1.165) is 24.1 Å². The molecule has 1 aliphatic rings. The highest BCUT2D eigenvalue weighted by molar-refractivity contribution is 7.13. The first kappa shape index (κ1) is 25.5. The van der Waals surface area contributed by atoms with Gasteiger partial charge in [-0.2, -0.15) is 0 Å². The number of ketones is 1. The molecule has 0 saturated heterocycles. The lowest BCUT2D eigenvalue weighted by molar-refractivity contribution is -0.142. The molecular formula is C24H26Cl2O6S. The Kier molecular flexibility index (Phi) is 9.18. The van der Waals surface area contributed by atoms with Crippen LogP contribution in [0.15, 0.2) is 30.3 Å². The van der Waals surface area contributed by atoms with Gasteiger partial charge in [-0.3, -0.25) is 9.59 Å². The molecular weight excluding hydrogens is 487 g/mol. The number of thiophene rings is 1. The topological polar surface area (TPSA) is 78.9 Å².